The van der Waals surface area contributed by atoms with Crippen LogP contribution < -0.4 is 10.5 Å². The van der Waals surface area contributed by atoms with Gasteiger partial charge < -0.3 is 20.1 Å². The predicted octanol–water partition coefficient (Wildman–Crippen LogP) is 1.76. The Morgan fingerprint density at radius 2 is 2.00 bits per heavy atom. The van der Waals surface area contributed by atoms with E-state index in [2.05, 4.69) is 13.8 Å². The summed E-state index contributed by atoms with van der Waals surface area (Å²) in [5.41, 5.74) is 7.63. The summed E-state index contributed by atoms with van der Waals surface area (Å²) in [6.07, 6.45) is 1.39. The van der Waals surface area contributed by atoms with Gasteiger partial charge in [-0.05, 0) is 48.9 Å². The average Bonchev–Trinajstić information content (AvgIpc) is 2.64. The molecule has 0 radical (unpaired) electrons. The Morgan fingerprint density at radius 1 is 1.26 bits per heavy atom. The second-order valence-corrected chi connectivity index (χ2v) is 7.20. The lowest BCUT2D eigenvalue weighted by molar-refractivity contribution is -0.154. The van der Waals surface area contributed by atoms with Crippen LogP contribution in [0.25, 0.3) is 0 Å². The molecule has 0 aliphatic carbocycles. The number of carbonyl (C=O) groups excluding carboxylic acids is 3. The van der Waals surface area contributed by atoms with Crippen molar-refractivity contribution in [1.29, 1.82) is 0 Å². The van der Waals surface area contributed by atoms with E-state index in [0.29, 0.717) is 31.1 Å². The van der Waals surface area contributed by atoms with Gasteiger partial charge in [0.25, 0.3) is 5.91 Å². The molecule has 0 unspecified atom stereocenters. The zero-order valence-corrected chi connectivity index (χ0v) is 16.2. The minimum atomic E-state index is -0.614. The fourth-order valence-corrected chi connectivity index (χ4v) is 3.24. The molecule has 1 aromatic carbocycles. The maximum Gasteiger partial charge on any atom is 0.344 e. The molecule has 7 heteroatoms. The highest BCUT2D eigenvalue weighted by atomic mass is 16.6. The molecule has 2 rings (SSSR count). The number of rotatable bonds is 7. The lowest BCUT2D eigenvalue weighted by Crippen LogP contribution is -2.45. The fourth-order valence-electron chi connectivity index (χ4n) is 3.24. The number of primary amides is 1. The van der Waals surface area contributed by atoms with Crippen LogP contribution in [0, 0.1) is 12.8 Å². The Morgan fingerprint density at radius 3 is 2.63 bits per heavy atom. The van der Waals surface area contributed by atoms with Crippen LogP contribution in [0.4, 0.5) is 0 Å². The SMILES string of the molecule is Cc1cc(OCC(=O)OCC(=O)N2CCC[C@H](C(N)=O)C2)ccc1C(C)C. The van der Waals surface area contributed by atoms with Gasteiger partial charge in [0.1, 0.15) is 5.75 Å². The van der Waals surface area contributed by atoms with E-state index in [1.165, 1.54) is 10.5 Å². The summed E-state index contributed by atoms with van der Waals surface area (Å²) in [7, 11) is 0. The lowest BCUT2D eigenvalue weighted by Gasteiger charge is -2.31. The van der Waals surface area contributed by atoms with Crippen molar-refractivity contribution < 1.29 is 23.9 Å². The largest absolute Gasteiger partial charge is 0.482 e. The summed E-state index contributed by atoms with van der Waals surface area (Å²) in [4.78, 5) is 36.8. The second kappa shape index (κ2) is 9.39. The van der Waals surface area contributed by atoms with Crippen LogP contribution in [0.1, 0.15) is 43.7 Å². The van der Waals surface area contributed by atoms with Crippen LogP contribution in [-0.2, 0) is 19.1 Å². The van der Waals surface area contributed by atoms with Gasteiger partial charge >= 0.3 is 5.97 Å². The number of likely N-dealkylation sites (tertiary alicyclic amines) is 1. The third-order valence-electron chi connectivity index (χ3n) is 4.75. The van der Waals surface area contributed by atoms with E-state index in [9.17, 15) is 14.4 Å². The average molecular weight is 376 g/mol. The number of hydrogen-bond donors (Lipinski definition) is 1. The monoisotopic (exact) mass is 376 g/mol. The van der Waals surface area contributed by atoms with Crippen molar-refractivity contribution in [2.24, 2.45) is 11.7 Å². The molecular weight excluding hydrogens is 348 g/mol. The highest BCUT2D eigenvalue weighted by Crippen LogP contribution is 2.23. The van der Waals surface area contributed by atoms with Crippen LogP contribution in [0.15, 0.2) is 18.2 Å². The van der Waals surface area contributed by atoms with Gasteiger partial charge in [-0.15, -0.1) is 0 Å². The van der Waals surface area contributed by atoms with Crippen molar-refractivity contribution in [2.75, 3.05) is 26.3 Å². The number of ether oxygens (including phenoxy) is 2. The number of hydrogen-bond acceptors (Lipinski definition) is 5. The van der Waals surface area contributed by atoms with Gasteiger partial charge in [-0.3, -0.25) is 9.59 Å². The first-order chi connectivity index (χ1) is 12.8. The highest BCUT2D eigenvalue weighted by Gasteiger charge is 2.27. The van der Waals surface area contributed by atoms with Crippen molar-refractivity contribution in [3.63, 3.8) is 0 Å². The van der Waals surface area contributed by atoms with Crippen LogP contribution in [-0.4, -0.2) is 49.0 Å². The molecule has 148 valence electrons. The van der Waals surface area contributed by atoms with E-state index in [1.54, 1.807) is 0 Å². The Bertz CT molecular complexity index is 702. The van der Waals surface area contributed by atoms with Crippen LogP contribution in [0.3, 0.4) is 0 Å². The molecular formula is C20H28N2O5. The Hall–Kier alpha value is -2.57. The summed E-state index contributed by atoms with van der Waals surface area (Å²) < 4.78 is 10.4. The van der Waals surface area contributed by atoms with Crippen molar-refractivity contribution >= 4 is 17.8 Å². The molecule has 7 nitrogen and oxygen atoms in total. The van der Waals surface area contributed by atoms with E-state index >= 15 is 0 Å². The topological polar surface area (TPSA) is 98.9 Å². The Balaban J connectivity index is 1.77. The Kier molecular flexibility index (Phi) is 7.21. The molecule has 1 atom stereocenters. The predicted molar refractivity (Wildman–Crippen MR) is 100 cm³/mol. The van der Waals surface area contributed by atoms with E-state index in [1.807, 2.05) is 25.1 Å². The fraction of sp³-hybridized carbons (Fsp3) is 0.550. The number of piperidine rings is 1. The van der Waals surface area contributed by atoms with Crippen molar-refractivity contribution in [3.05, 3.63) is 29.3 Å². The third kappa shape index (κ3) is 5.98. The summed E-state index contributed by atoms with van der Waals surface area (Å²) >= 11 is 0. The molecule has 0 saturated carbocycles. The maximum absolute atomic E-state index is 12.1. The zero-order valence-electron chi connectivity index (χ0n) is 16.2. The quantitative estimate of drug-likeness (QED) is 0.731. The normalized spacial score (nSPS) is 16.9. The van der Waals surface area contributed by atoms with Crippen LogP contribution >= 0.6 is 0 Å². The second-order valence-electron chi connectivity index (χ2n) is 7.20. The molecule has 1 fully saturated rings. The molecule has 27 heavy (non-hydrogen) atoms. The number of amides is 2. The number of esters is 1. The number of nitrogens with two attached hydrogens (primary N) is 1. The molecule has 1 saturated heterocycles. The Labute approximate surface area is 159 Å². The van der Waals surface area contributed by atoms with Crippen molar-refractivity contribution in [2.45, 2.75) is 39.5 Å². The van der Waals surface area contributed by atoms with Crippen molar-refractivity contribution in [3.8, 4) is 5.75 Å². The summed E-state index contributed by atoms with van der Waals surface area (Å²) in [5, 5.41) is 0. The first-order valence-electron chi connectivity index (χ1n) is 9.24. The number of aryl methyl sites for hydroxylation is 1. The number of benzene rings is 1. The third-order valence-corrected chi connectivity index (χ3v) is 4.75. The standard InChI is InChI=1S/C20H28N2O5/c1-13(2)17-7-6-16(9-14(17)3)26-12-19(24)27-11-18(23)22-8-4-5-15(10-22)20(21)25/h6-7,9,13,15H,4-5,8,10-12H2,1-3H3,(H2,21,25)/t15-/m0/s1. The molecule has 2 amide bonds. The minimum Gasteiger partial charge on any atom is -0.482 e. The molecule has 0 spiro atoms. The zero-order chi connectivity index (χ0) is 20.0. The highest BCUT2D eigenvalue weighted by molar-refractivity contribution is 5.82. The minimum absolute atomic E-state index is 0.266. The van der Waals surface area contributed by atoms with E-state index < -0.39 is 11.9 Å². The first-order valence-corrected chi connectivity index (χ1v) is 9.24. The van der Waals surface area contributed by atoms with E-state index in [0.717, 1.165) is 5.56 Å². The summed E-state index contributed by atoms with van der Waals surface area (Å²) in [6.45, 7) is 6.42. The molecule has 1 aliphatic rings. The van der Waals surface area contributed by atoms with E-state index in [-0.39, 0.29) is 31.6 Å². The summed E-state index contributed by atoms with van der Waals surface area (Å²) in [6, 6.07) is 5.68. The lowest BCUT2D eigenvalue weighted by atomic mass is 9.97. The van der Waals surface area contributed by atoms with Crippen LogP contribution in [0.2, 0.25) is 0 Å². The van der Waals surface area contributed by atoms with Gasteiger partial charge in [0, 0.05) is 13.1 Å². The summed E-state index contributed by atoms with van der Waals surface area (Å²) in [5.74, 6) is -0.682. The number of carbonyl (C=O) groups is 3. The van der Waals surface area contributed by atoms with Gasteiger partial charge in [-0.1, -0.05) is 19.9 Å². The molecule has 1 aliphatic heterocycles. The van der Waals surface area contributed by atoms with Gasteiger partial charge in [0.2, 0.25) is 5.91 Å². The molecule has 0 aromatic heterocycles. The molecule has 2 N–H and O–H groups in total. The molecule has 1 aromatic rings. The first kappa shape index (κ1) is 20.7. The van der Waals surface area contributed by atoms with Crippen LogP contribution in [0.5, 0.6) is 5.75 Å². The molecule has 1 heterocycles. The maximum atomic E-state index is 12.1. The smallest absolute Gasteiger partial charge is 0.344 e. The van der Waals surface area contributed by atoms with E-state index in [4.69, 9.17) is 15.2 Å². The van der Waals surface area contributed by atoms with Gasteiger partial charge in [-0.25, -0.2) is 4.79 Å². The van der Waals surface area contributed by atoms with Gasteiger partial charge in [0.15, 0.2) is 13.2 Å². The number of nitrogens with zero attached hydrogens (tertiary/aromatic N) is 1. The van der Waals surface area contributed by atoms with Gasteiger partial charge in [-0.2, -0.15) is 0 Å². The van der Waals surface area contributed by atoms with Crippen molar-refractivity contribution in [1.82, 2.24) is 4.90 Å². The molecule has 0 bridgehead atoms. The van der Waals surface area contributed by atoms with Gasteiger partial charge in [0.05, 0.1) is 5.92 Å².